The zero-order chi connectivity index (χ0) is 9.14. The van der Waals surface area contributed by atoms with Gasteiger partial charge >= 0.3 is 17.9 Å². The molecule has 5 heteroatoms. The molecule has 0 aromatic heterocycles. The third-order valence-corrected chi connectivity index (χ3v) is 1.60. The standard InChI is InChI=1S/C7H8O5/c1-11-5(8)2-4-3-6(9)12-7(4)10/h4H,2-3H2,1H3. The third kappa shape index (κ3) is 1.81. The maximum Gasteiger partial charge on any atom is 0.317 e. The average Bonchev–Trinajstić information content (AvgIpc) is 2.30. The molecule has 1 heterocycles. The summed E-state index contributed by atoms with van der Waals surface area (Å²) in [6.07, 6.45) is -0.102. The second-order valence-corrected chi connectivity index (χ2v) is 2.47. The Bertz CT molecular complexity index is 232. The van der Waals surface area contributed by atoms with E-state index in [0.29, 0.717) is 0 Å². The van der Waals surface area contributed by atoms with Gasteiger partial charge in [0, 0.05) is 0 Å². The number of hydrogen-bond donors (Lipinski definition) is 0. The van der Waals surface area contributed by atoms with Gasteiger partial charge < -0.3 is 9.47 Å². The van der Waals surface area contributed by atoms with Crippen LogP contribution in [0.3, 0.4) is 0 Å². The van der Waals surface area contributed by atoms with E-state index in [-0.39, 0.29) is 12.8 Å². The van der Waals surface area contributed by atoms with E-state index >= 15 is 0 Å². The molecule has 0 spiro atoms. The second kappa shape index (κ2) is 3.34. The van der Waals surface area contributed by atoms with Crippen LogP contribution in [0.1, 0.15) is 12.8 Å². The van der Waals surface area contributed by atoms with E-state index in [9.17, 15) is 14.4 Å². The molecule has 0 N–H and O–H groups in total. The van der Waals surface area contributed by atoms with Gasteiger partial charge in [0.1, 0.15) is 0 Å². The normalized spacial score (nSPS) is 22.2. The van der Waals surface area contributed by atoms with Crippen molar-refractivity contribution in [2.45, 2.75) is 12.8 Å². The highest BCUT2D eigenvalue weighted by atomic mass is 16.6. The summed E-state index contributed by atoms with van der Waals surface area (Å²) in [4.78, 5) is 32.0. The lowest BCUT2D eigenvalue weighted by molar-refractivity contribution is -0.155. The molecule has 0 aliphatic carbocycles. The SMILES string of the molecule is COC(=O)CC1CC(=O)OC1=O. The average molecular weight is 172 g/mol. The summed E-state index contributed by atoms with van der Waals surface area (Å²) < 4.78 is 8.57. The van der Waals surface area contributed by atoms with Gasteiger partial charge in [-0.15, -0.1) is 0 Å². The lowest BCUT2D eigenvalue weighted by atomic mass is 10.0. The van der Waals surface area contributed by atoms with E-state index in [1.165, 1.54) is 7.11 Å². The summed E-state index contributed by atoms with van der Waals surface area (Å²) in [5, 5.41) is 0. The minimum absolute atomic E-state index is 0.0199. The Hall–Kier alpha value is -1.39. The highest BCUT2D eigenvalue weighted by molar-refractivity contribution is 5.96. The Balaban J connectivity index is 2.48. The maximum absolute atomic E-state index is 10.8. The molecule has 0 saturated carbocycles. The Labute approximate surface area is 68.6 Å². The first-order chi connectivity index (χ1) is 5.63. The van der Waals surface area contributed by atoms with Gasteiger partial charge in [-0.3, -0.25) is 14.4 Å². The van der Waals surface area contributed by atoms with Gasteiger partial charge in [-0.25, -0.2) is 0 Å². The number of hydrogen-bond acceptors (Lipinski definition) is 5. The zero-order valence-corrected chi connectivity index (χ0v) is 6.53. The fourth-order valence-electron chi connectivity index (χ4n) is 0.962. The molecule has 0 amide bonds. The predicted octanol–water partition coefficient (Wildman–Crippen LogP) is -0.361. The van der Waals surface area contributed by atoms with Crippen LogP contribution in [0, 0.1) is 5.92 Å². The second-order valence-electron chi connectivity index (χ2n) is 2.47. The van der Waals surface area contributed by atoms with Crippen LogP contribution < -0.4 is 0 Å². The molecule has 66 valence electrons. The fourth-order valence-corrected chi connectivity index (χ4v) is 0.962. The van der Waals surface area contributed by atoms with Crippen LogP contribution in [0.2, 0.25) is 0 Å². The van der Waals surface area contributed by atoms with Gasteiger partial charge in [-0.2, -0.15) is 0 Å². The van der Waals surface area contributed by atoms with Crippen LogP contribution >= 0.6 is 0 Å². The number of esters is 3. The van der Waals surface area contributed by atoms with Gasteiger partial charge in [0.2, 0.25) is 0 Å². The van der Waals surface area contributed by atoms with Crippen molar-refractivity contribution in [1.29, 1.82) is 0 Å². The molecule has 1 saturated heterocycles. The molecule has 1 aliphatic heterocycles. The van der Waals surface area contributed by atoms with Crippen LogP contribution in [-0.4, -0.2) is 25.0 Å². The molecule has 1 aliphatic rings. The molecule has 0 bridgehead atoms. The number of rotatable bonds is 2. The minimum Gasteiger partial charge on any atom is -0.469 e. The molecule has 1 atom stereocenters. The van der Waals surface area contributed by atoms with Crippen molar-refractivity contribution in [2.75, 3.05) is 7.11 Å². The number of ether oxygens (including phenoxy) is 2. The van der Waals surface area contributed by atoms with Crippen molar-refractivity contribution in [2.24, 2.45) is 5.92 Å². The quantitative estimate of drug-likeness (QED) is 0.420. The van der Waals surface area contributed by atoms with Crippen LogP contribution in [0.4, 0.5) is 0 Å². The first-order valence-corrected chi connectivity index (χ1v) is 3.45. The number of cyclic esters (lactones) is 2. The molecule has 5 nitrogen and oxygen atoms in total. The molecule has 1 rings (SSSR count). The van der Waals surface area contributed by atoms with E-state index in [4.69, 9.17) is 0 Å². The zero-order valence-electron chi connectivity index (χ0n) is 6.53. The third-order valence-electron chi connectivity index (χ3n) is 1.60. The van der Waals surface area contributed by atoms with Crippen molar-refractivity contribution in [3.05, 3.63) is 0 Å². The highest BCUT2D eigenvalue weighted by Crippen LogP contribution is 2.19. The lowest BCUT2D eigenvalue weighted by Gasteiger charge is -2.00. The summed E-state index contributed by atoms with van der Waals surface area (Å²) in [6, 6.07) is 0. The van der Waals surface area contributed by atoms with E-state index < -0.39 is 23.8 Å². The van der Waals surface area contributed by atoms with Gasteiger partial charge in [-0.1, -0.05) is 0 Å². The van der Waals surface area contributed by atoms with Crippen LogP contribution in [0.25, 0.3) is 0 Å². The van der Waals surface area contributed by atoms with Gasteiger partial charge in [0.25, 0.3) is 0 Å². The molecule has 1 unspecified atom stereocenters. The molecule has 1 fully saturated rings. The van der Waals surface area contributed by atoms with Crippen LogP contribution in [0.15, 0.2) is 0 Å². The van der Waals surface area contributed by atoms with Crippen molar-refractivity contribution in [3.8, 4) is 0 Å². The van der Waals surface area contributed by atoms with E-state index in [1.807, 2.05) is 0 Å². The molecule has 0 radical (unpaired) electrons. The number of methoxy groups -OCH3 is 1. The van der Waals surface area contributed by atoms with E-state index in [1.54, 1.807) is 0 Å². The van der Waals surface area contributed by atoms with Crippen LogP contribution in [0.5, 0.6) is 0 Å². The summed E-state index contributed by atoms with van der Waals surface area (Å²) in [7, 11) is 1.23. The topological polar surface area (TPSA) is 69.7 Å². The predicted molar refractivity (Wildman–Crippen MR) is 35.8 cm³/mol. The highest BCUT2D eigenvalue weighted by Gasteiger charge is 2.35. The minimum atomic E-state index is -0.648. The van der Waals surface area contributed by atoms with Crippen molar-refractivity contribution >= 4 is 17.9 Å². The van der Waals surface area contributed by atoms with Gasteiger partial charge in [0.15, 0.2) is 0 Å². The van der Waals surface area contributed by atoms with Crippen molar-refractivity contribution in [1.82, 2.24) is 0 Å². The molecular formula is C7H8O5. The van der Waals surface area contributed by atoms with E-state index in [0.717, 1.165) is 0 Å². The fraction of sp³-hybridized carbons (Fsp3) is 0.571. The Morgan fingerprint density at radius 3 is 2.75 bits per heavy atom. The first-order valence-electron chi connectivity index (χ1n) is 3.45. The number of carbonyl (C=O) groups excluding carboxylic acids is 3. The molecule has 0 aromatic carbocycles. The molecular weight excluding hydrogens is 164 g/mol. The van der Waals surface area contributed by atoms with Gasteiger partial charge in [-0.05, 0) is 0 Å². The first kappa shape index (κ1) is 8.70. The monoisotopic (exact) mass is 172 g/mol. The largest absolute Gasteiger partial charge is 0.469 e. The Morgan fingerprint density at radius 2 is 2.33 bits per heavy atom. The van der Waals surface area contributed by atoms with Crippen LogP contribution in [-0.2, 0) is 23.9 Å². The summed E-state index contributed by atoms with van der Waals surface area (Å²) in [5.41, 5.74) is 0. The Morgan fingerprint density at radius 1 is 1.67 bits per heavy atom. The number of carbonyl (C=O) groups is 3. The summed E-state index contributed by atoms with van der Waals surface area (Å²) in [6.45, 7) is 0. The molecule has 12 heavy (non-hydrogen) atoms. The summed E-state index contributed by atoms with van der Waals surface area (Å²) in [5.74, 6) is -2.36. The summed E-state index contributed by atoms with van der Waals surface area (Å²) >= 11 is 0. The van der Waals surface area contributed by atoms with Crippen molar-refractivity contribution < 1.29 is 23.9 Å². The Kier molecular flexibility index (Phi) is 2.42. The maximum atomic E-state index is 10.8. The van der Waals surface area contributed by atoms with Gasteiger partial charge in [0.05, 0.1) is 25.9 Å². The van der Waals surface area contributed by atoms with Crippen molar-refractivity contribution in [3.63, 3.8) is 0 Å². The smallest absolute Gasteiger partial charge is 0.317 e. The molecule has 0 aromatic rings. The van der Waals surface area contributed by atoms with E-state index in [2.05, 4.69) is 9.47 Å². The lowest BCUT2D eigenvalue weighted by Crippen LogP contribution is -2.14.